The number of aromatic carboxylic acids is 1. The third-order valence-corrected chi connectivity index (χ3v) is 2.95. The van der Waals surface area contributed by atoms with E-state index >= 15 is 0 Å². The van der Waals surface area contributed by atoms with Crippen LogP contribution in [-0.4, -0.2) is 29.4 Å². The number of benzene rings is 1. The van der Waals surface area contributed by atoms with Crippen LogP contribution in [0.3, 0.4) is 0 Å². The summed E-state index contributed by atoms with van der Waals surface area (Å²) in [6.07, 6.45) is 0. The number of carbonyl (C=O) groups is 1. The number of aromatic nitrogens is 1. The first kappa shape index (κ1) is 11.6. The maximum Gasteiger partial charge on any atom is 0.374 e. The fourth-order valence-corrected chi connectivity index (χ4v) is 2.07. The van der Waals surface area contributed by atoms with Gasteiger partial charge in [0.25, 0.3) is 0 Å². The van der Waals surface area contributed by atoms with Crippen LogP contribution in [0.5, 0.6) is 5.75 Å². The molecule has 1 aromatic carbocycles. The molecule has 0 bridgehead atoms. The molecular weight excluding hydrogens is 248 g/mol. The van der Waals surface area contributed by atoms with Crippen LogP contribution in [-0.2, 0) is 6.54 Å². The topological polar surface area (TPSA) is 75.8 Å². The Labute approximate surface area is 109 Å². The molecule has 2 heterocycles. The Balaban J connectivity index is 1.82. The van der Waals surface area contributed by atoms with Gasteiger partial charge >= 0.3 is 5.97 Å². The van der Waals surface area contributed by atoms with E-state index in [2.05, 4.69) is 10.1 Å². The van der Waals surface area contributed by atoms with Crippen molar-refractivity contribution in [3.63, 3.8) is 0 Å². The number of hydrogen-bond donors (Lipinski definition) is 1. The number of para-hydroxylation sites is 2. The van der Waals surface area contributed by atoms with E-state index in [4.69, 9.17) is 14.4 Å². The molecule has 0 saturated heterocycles. The summed E-state index contributed by atoms with van der Waals surface area (Å²) in [5, 5.41) is 12.6. The molecule has 3 rings (SSSR count). The number of anilines is 1. The van der Waals surface area contributed by atoms with Crippen molar-refractivity contribution in [2.45, 2.75) is 6.54 Å². The molecule has 6 nitrogen and oxygen atoms in total. The highest BCUT2D eigenvalue weighted by Crippen LogP contribution is 2.31. The van der Waals surface area contributed by atoms with E-state index in [0.29, 0.717) is 18.8 Å². The van der Waals surface area contributed by atoms with Gasteiger partial charge in [0.2, 0.25) is 5.76 Å². The van der Waals surface area contributed by atoms with Crippen LogP contribution < -0.4 is 9.64 Å². The van der Waals surface area contributed by atoms with E-state index in [-0.39, 0.29) is 5.76 Å². The van der Waals surface area contributed by atoms with Crippen molar-refractivity contribution < 1.29 is 19.2 Å². The smallest absolute Gasteiger partial charge is 0.374 e. The lowest BCUT2D eigenvalue weighted by Gasteiger charge is -2.30. The van der Waals surface area contributed by atoms with E-state index in [1.54, 1.807) is 0 Å². The Hall–Kier alpha value is -2.50. The molecule has 1 aliphatic heterocycles. The SMILES string of the molecule is O=C(O)c1cc(CN2CCOc3ccccc32)no1. The first-order valence-electron chi connectivity index (χ1n) is 5.90. The lowest BCUT2D eigenvalue weighted by atomic mass is 10.2. The highest BCUT2D eigenvalue weighted by atomic mass is 16.5. The summed E-state index contributed by atoms with van der Waals surface area (Å²) in [6.45, 7) is 1.82. The Bertz CT molecular complexity index is 608. The molecule has 0 saturated carbocycles. The van der Waals surface area contributed by atoms with Crippen molar-refractivity contribution in [2.24, 2.45) is 0 Å². The molecule has 0 amide bonds. The first-order valence-corrected chi connectivity index (χ1v) is 5.90. The normalized spacial score (nSPS) is 13.8. The van der Waals surface area contributed by atoms with Gasteiger partial charge in [-0.15, -0.1) is 0 Å². The lowest BCUT2D eigenvalue weighted by Crippen LogP contribution is -2.32. The molecule has 0 spiro atoms. The number of carboxylic acid groups (broad SMARTS) is 1. The molecule has 6 heteroatoms. The zero-order valence-corrected chi connectivity index (χ0v) is 10.1. The van der Waals surface area contributed by atoms with Crippen molar-refractivity contribution >= 4 is 11.7 Å². The van der Waals surface area contributed by atoms with E-state index < -0.39 is 5.97 Å². The van der Waals surface area contributed by atoms with Crippen LogP contribution in [0.15, 0.2) is 34.9 Å². The fraction of sp³-hybridized carbons (Fsp3) is 0.231. The molecule has 0 radical (unpaired) electrons. The Morgan fingerprint density at radius 2 is 2.26 bits per heavy atom. The molecule has 1 N–H and O–H groups in total. The highest BCUT2D eigenvalue weighted by Gasteiger charge is 2.19. The monoisotopic (exact) mass is 260 g/mol. The Morgan fingerprint density at radius 1 is 1.42 bits per heavy atom. The van der Waals surface area contributed by atoms with Crippen LogP contribution in [0.2, 0.25) is 0 Å². The first-order chi connectivity index (χ1) is 9.24. The average molecular weight is 260 g/mol. The summed E-state index contributed by atoms with van der Waals surface area (Å²) < 4.78 is 10.3. The van der Waals surface area contributed by atoms with Crippen molar-refractivity contribution in [1.29, 1.82) is 0 Å². The van der Waals surface area contributed by atoms with Gasteiger partial charge in [0, 0.05) is 6.07 Å². The molecule has 0 aliphatic carbocycles. The standard InChI is InChI=1S/C13H12N2O4/c16-13(17)12-7-9(14-19-12)8-15-5-6-18-11-4-2-1-3-10(11)15/h1-4,7H,5-6,8H2,(H,16,17). The number of fused-ring (bicyclic) bond motifs is 1. The molecule has 0 fully saturated rings. The Kier molecular flexibility index (Phi) is 2.83. The predicted molar refractivity (Wildman–Crippen MR) is 66.4 cm³/mol. The number of hydrogen-bond acceptors (Lipinski definition) is 5. The zero-order valence-electron chi connectivity index (χ0n) is 10.1. The minimum Gasteiger partial charge on any atom is -0.490 e. The van der Waals surface area contributed by atoms with E-state index in [1.165, 1.54) is 6.07 Å². The maximum absolute atomic E-state index is 10.7. The van der Waals surface area contributed by atoms with Gasteiger partial charge in [0.1, 0.15) is 18.1 Å². The number of nitrogens with zero attached hydrogens (tertiary/aromatic N) is 2. The third-order valence-electron chi connectivity index (χ3n) is 2.95. The molecule has 2 aromatic rings. The fourth-order valence-electron chi connectivity index (χ4n) is 2.07. The zero-order chi connectivity index (χ0) is 13.2. The summed E-state index contributed by atoms with van der Waals surface area (Å²) in [5.41, 5.74) is 1.57. The van der Waals surface area contributed by atoms with Crippen LogP contribution >= 0.6 is 0 Å². The quantitative estimate of drug-likeness (QED) is 0.906. The molecule has 0 unspecified atom stereocenters. The second-order valence-corrected chi connectivity index (χ2v) is 4.23. The molecule has 1 aliphatic rings. The molecule has 19 heavy (non-hydrogen) atoms. The molecular formula is C13H12N2O4. The van der Waals surface area contributed by atoms with Crippen molar-refractivity contribution in [2.75, 3.05) is 18.1 Å². The summed E-state index contributed by atoms with van der Waals surface area (Å²) in [7, 11) is 0. The summed E-state index contributed by atoms with van der Waals surface area (Å²) in [6, 6.07) is 9.17. The number of rotatable bonds is 3. The minimum atomic E-state index is -1.11. The Morgan fingerprint density at radius 3 is 3.05 bits per heavy atom. The molecule has 0 atom stereocenters. The second kappa shape index (κ2) is 4.64. The highest BCUT2D eigenvalue weighted by molar-refractivity contribution is 5.84. The molecule has 1 aromatic heterocycles. The summed E-state index contributed by atoms with van der Waals surface area (Å²) >= 11 is 0. The van der Waals surface area contributed by atoms with Gasteiger partial charge in [-0.3, -0.25) is 0 Å². The number of ether oxygens (including phenoxy) is 1. The molecule has 98 valence electrons. The van der Waals surface area contributed by atoms with Crippen LogP contribution in [0.4, 0.5) is 5.69 Å². The van der Waals surface area contributed by atoms with Crippen molar-refractivity contribution in [1.82, 2.24) is 5.16 Å². The van der Waals surface area contributed by atoms with Gasteiger partial charge in [-0.1, -0.05) is 17.3 Å². The van der Waals surface area contributed by atoms with E-state index in [1.807, 2.05) is 24.3 Å². The van der Waals surface area contributed by atoms with Gasteiger partial charge < -0.3 is 19.3 Å². The number of carboxylic acids is 1. The minimum absolute atomic E-state index is 0.142. The van der Waals surface area contributed by atoms with Crippen molar-refractivity contribution in [3.8, 4) is 5.75 Å². The van der Waals surface area contributed by atoms with Gasteiger partial charge in [-0.05, 0) is 12.1 Å². The van der Waals surface area contributed by atoms with Gasteiger partial charge in [0.15, 0.2) is 0 Å². The second-order valence-electron chi connectivity index (χ2n) is 4.23. The third kappa shape index (κ3) is 2.24. The van der Waals surface area contributed by atoms with Gasteiger partial charge in [-0.25, -0.2) is 4.79 Å². The van der Waals surface area contributed by atoms with Crippen LogP contribution in [0.25, 0.3) is 0 Å². The van der Waals surface area contributed by atoms with Crippen LogP contribution in [0.1, 0.15) is 16.2 Å². The van der Waals surface area contributed by atoms with E-state index in [9.17, 15) is 4.79 Å². The average Bonchev–Trinajstić information content (AvgIpc) is 2.88. The lowest BCUT2D eigenvalue weighted by molar-refractivity contribution is 0.0652. The predicted octanol–water partition coefficient (Wildman–Crippen LogP) is 1.77. The van der Waals surface area contributed by atoms with Crippen molar-refractivity contribution in [3.05, 3.63) is 41.8 Å². The van der Waals surface area contributed by atoms with Crippen LogP contribution in [0, 0.1) is 0 Å². The maximum atomic E-state index is 10.7. The largest absolute Gasteiger partial charge is 0.490 e. The van der Waals surface area contributed by atoms with Gasteiger partial charge in [-0.2, -0.15) is 0 Å². The van der Waals surface area contributed by atoms with Gasteiger partial charge in [0.05, 0.1) is 18.8 Å². The summed E-state index contributed by atoms with van der Waals surface area (Å²) in [5.74, 6) is -0.423. The van der Waals surface area contributed by atoms with E-state index in [0.717, 1.165) is 18.0 Å². The summed E-state index contributed by atoms with van der Waals surface area (Å²) in [4.78, 5) is 12.8.